The van der Waals surface area contributed by atoms with Crippen molar-refractivity contribution < 1.29 is 0 Å². The van der Waals surface area contributed by atoms with Crippen molar-refractivity contribution in [2.45, 2.75) is 18.4 Å². The van der Waals surface area contributed by atoms with Crippen LogP contribution >= 0.6 is 15.9 Å². The van der Waals surface area contributed by atoms with Crippen LogP contribution in [0.4, 0.5) is 0 Å². The Morgan fingerprint density at radius 2 is 1.74 bits per heavy atom. The van der Waals surface area contributed by atoms with Gasteiger partial charge in [-0.25, -0.2) is 0 Å². The highest BCUT2D eigenvalue weighted by atomic mass is 79.9. The average Bonchev–Trinajstić information content (AvgIpc) is 3.23. The van der Waals surface area contributed by atoms with Gasteiger partial charge >= 0.3 is 0 Å². The van der Waals surface area contributed by atoms with Crippen molar-refractivity contribution in [3.05, 3.63) is 70.2 Å². The molecule has 0 aromatic heterocycles. The van der Waals surface area contributed by atoms with Gasteiger partial charge in [0.2, 0.25) is 0 Å². The lowest BCUT2D eigenvalue weighted by Gasteiger charge is -2.17. The molecule has 1 aliphatic rings. The van der Waals surface area contributed by atoms with Gasteiger partial charge in [-0.05, 0) is 48.6 Å². The van der Waals surface area contributed by atoms with Crippen LogP contribution in [-0.4, -0.2) is 7.05 Å². The monoisotopic (exact) mass is 315 g/mol. The van der Waals surface area contributed by atoms with Crippen LogP contribution in [0.2, 0.25) is 0 Å². The molecule has 0 radical (unpaired) electrons. The van der Waals surface area contributed by atoms with E-state index in [4.69, 9.17) is 0 Å². The maximum absolute atomic E-state index is 3.50. The van der Waals surface area contributed by atoms with Gasteiger partial charge in [-0.3, -0.25) is 0 Å². The topological polar surface area (TPSA) is 12.0 Å². The summed E-state index contributed by atoms with van der Waals surface area (Å²) in [6.45, 7) is 0. The van der Waals surface area contributed by atoms with Crippen LogP contribution in [0.15, 0.2) is 59.1 Å². The van der Waals surface area contributed by atoms with E-state index in [-0.39, 0.29) is 0 Å². The Morgan fingerprint density at radius 1 is 1.05 bits per heavy atom. The Morgan fingerprint density at radius 3 is 2.37 bits per heavy atom. The second-order valence-electron chi connectivity index (χ2n) is 5.23. The fraction of sp³-hybridized carbons (Fsp3) is 0.294. The smallest absolute Gasteiger partial charge is 0.0352 e. The fourth-order valence-electron chi connectivity index (χ4n) is 2.96. The van der Waals surface area contributed by atoms with Crippen molar-refractivity contribution in [2.75, 3.05) is 7.05 Å². The van der Waals surface area contributed by atoms with E-state index in [0.29, 0.717) is 17.9 Å². The minimum atomic E-state index is 0.457. The number of hydrogen-bond acceptors (Lipinski definition) is 1. The van der Waals surface area contributed by atoms with E-state index < -0.39 is 0 Å². The number of nitrogens with one attached hydrogen (secondary N) is 1. The molecule has 2 heteroatoms. The van der Waals surface area contributed by atoms with E-state index in [0.717, 1.165) is 4.47 Å². The third-order valence-electron chi connectivity index (χ3n) is 4.04. The molecule has 0 spiro atoms. The molecule has 0 heterocycles. The highest BCUT2D eigenvalue weighted by molar-refractivity contribution is 9.10. The zero-order chi connectivity index (χ0) is 13.2. The van der Waals surface area contributed by atoms with Crippen LogP contribution in [0, 0.1) is 5.92 Å². The van der Waals surface area contributed by atoms with E-state index in [1.54, 1.807) is 0 Å². The fourth-order valence-corrected chi connectivity index (χ4v) is 3.23. The van der Waals surface area contributed by atoms with Crippen molar-refractivity contribution in [2.24, 2.45) is 5.92 Å². The largest absolute Gasteiger partial charge is 0.313 e. The molecule has 2 aromatic rings. The van der Waals surface area contributed by atoms with Gasteiger partial charge in [0.15, 0.2) is 0 Å². The Balaban J connectivity index is 1.77. The van der Waals surface area contributed by atoms with Crippen LogP contribution in [-0.2, 0) is 0 Å². The molecular weight excluding hydrogens is 298 g/mol. The van der Waals surface area contributed by atoms with E-state index >= 15 is 0 Å². The minimum Gasteiger partial charge on any atom is -0.313 e. The molecule has 1 N–H and O–H groups in total. The van der Waals surface area contributed by atoms with Crippen molar-refractivity contribution >= 4 is 15.9 Å². The number of halogens is 1. The number of hydrogen-bond donors (Lipinski definition) is 1. The zero-order valence-electron chi connectivity index (χ0n) is 11.0. The van der Waals surface area contributed by atoms with Crippen molar-refractivity contribution in [3.8, 4) is 0 Å². The maximum atomic E-state index is 3.50. The summed E-state index contributed by atoms with van der Waals surface area (Å²) in [6.07, 6.45) is 1.28. The van der Waals surface area contributed by atoms with E-state index in [9.17, 15) is 0 Å². The van der Waals surface area contributed by atoms with Crippen LogP contribution in [0.1, 0.15) is 29.5 Å². The van der Waals surface area contributed by atoms with Crippen LogP contribution < -0.4 is 5.32 Å². The Hall–Kier alpha value is -1.12. The van der Waals surface area contributed by atoms with E-state index in [1.165, 1.54) is 17.5 Å². The third kappa shape index (κ3) is 2.75. The lowest BCUT2D eigenvalue weighted by atomic mass is 9.99. The summed E-state index contributed by atoms with van der Waals surface area (Å²) in [5.74, 6) is 1.43. The highest BCUT2D eigenvalue weighted by Gasteiger charge is 2.43. The number of benzene rings is 2. The van der Waals surface area contributed by atoms with Gasteiger partial charge in [0.1, 0.15) is 0 Å². The summed E-state index contributed by atoms with van der Waals surface area (Å²) in [6, 6.07) is 20.0. The molecule has 3 unspecified atom stereocenters. The van der Waals surface area contributed by atoms with E-state index in [1.807, 2.05) is 0 Å². The van der Waals surface area contributed by atoms with Crippen molar-refractivity contribution in [1.29, 1.82) is 0 Å². The normalized spacial score (nSPS) is 23.1. The first-order valence-electron chi connectivity index (χ1n) is 6.77. The molecule has 0 aliphatic heterocycles. The van der Waals surface area contributed by atoms with Gasteiger partial charge in [0.05, 0.1) is 0 Å². The lowest BCUT2D eigenvalue weighted by Crippen LogP contribution is -2.19. The molecule has 2 aromatic carbocycles. The second-order valence-corrected chi connectivity index (χ2v) is 6.15. The average molecular weight is 316 g/mol. The zero-order valence-corrected chi connectivity index (χ0v) is 12.6. The summed E-state index contributed by atoms with van der Waals surface area (Å²) in [5, 5.41) is 3.48. The van der Waals surface area contributed by atoms with Crippen LogP contribution in [0.25, 0.3) is 0 Å². The summed E-state index contributed by atoms with van der Waals surface area (Å²) < 4.78 is 1.14. The van der Waals surface area contributed by atoms with Gasteiger partial charge in [-0.2, -0.15) is 0 Å². The first-order valence-corrected chi connectivity index (χ1v) is 7.56. The van der Waals surface area contributed by atoms with Gasteiger partial charge in [-0.1, -0.05) is 58.4 Å². The van der Waals surface area contributed by atoms with Crippen molar-refractivity contribution in [1.82, 2.24) is 5.32 Å². The Bertz CT molecular complexity index is 535. The predicted molar refractivity (Wildman–Crippen MR) is 83.2 cm³/mol. The Labute approximate surface area is 123 Å². The van der Waals surface area contributed by atoms with Gasteiger partial charge in [-0.15, -0.1) is 0 Å². The quantitative estimate of drug-likeness (QED) is 0.875. The summed E-state index contributed by atoms with van der Waals surface area (Å²) in [7, 11) is 2.06. The first kappa shape index (κ1) is 12.9. The molecule has 3 atom stereocenters. The summed E-state index contributed by atoms with van der Waals surface area (Å²) >= 11 is 3.50. The number of rotatable bonds is 4. The summed E-state index contributed by atoms with van der Waals surface area (Å²) in [5.41, 5.74) is 2.86. The molecule has 0 amide bonds. The summed E-state index contributed by atoms with van der Waals surface area (Å²) in [4.78, 5) is 0. The Kier molecular flexibility index (Phi) is 3.72. The molecule has 98 valence electrons. The molecule has 1 nitrogen and oxygen atoms in total. The highest BCUT2D eigenvalue weighted by Crippen LogP contribution is 2.53. The van der Waals surface area contributed by atoms with Crippen LogP contribution in [0.5, 0.6) is 0 Å². The maximum Gasteiger partial charge on any atom is 0.0352 e. The van der Waals surface area contributed by atoms with Gasteiger partial charge < -0.3 is 5.32 Å². The van der Waals surface area contributed by atoms with E-state index in [2.05, 4.69) is 82.9 Å². The molecule has 1 aliphatic carbocycles. The second kappa shape index (κ2) is 5.48. The standard InChI is InChI=1S/C17H18BrN/c1-19-17(13-7-9-14(18)10-8-13)16-11-15(16)12-5-3-2-4-6-12/h2-10,15-17,19H,11H2,1H3. The molecule has 0 saturated heterocycles. The lowest BCUT2D eigenvalue weighted by molar-refractivity contribution is 0.518. The molecule has 1 fully saturated rings. The van der Waals surface area contributed by atoms with Crippen molar-refractivity contribution in [3.63, 3.8) is 0 Å². The molecular formula is C17H18BrN. The molecule has 19 heavy (non-hydrogen) atoms. The van der Waals surface area contributed by atoms with Crippen LogP contribution in [0.3, 0.4) is 0 Å². The SMILES string of the molecule is CNC(c1ccc(Br)cc1)C1CC1c1ccccc1. The van der Waals surface area contributed by atoms with Gasteiger partial charge in [0.25, 0.3) is 0 Å². The third-order valence-corrected chi connectivity index (χ3v) is 4.56. The van der Waals surface area contributed by atoms with Gasteiger partial charge in [0, 0.05) is 10.5 Å². The molecule has 1 saturated carbocycles. The predicted octanol–water partition coefficient (Wildman–Crippen LogP) is 4.51. The molecule has 3 rings (SSSR count). The minimum absolute atomic E-state index is 0.457. The molecule has 0 bridgehead atoms. The first-order chi connectivity index (χ1) is 9.29.